The lowest BCUT2D eigenvalue weighted by atomic mass is 10.0. The van der Waals surface area contributed by atoms with Gasteiger partial charge in [-0.25, -0.2) is 9.78 Å². The minimum Gasteiger partial charge on any atom is -0.444 e. The van der Waals surface area contributed by atoms with Gasteiger partial charge < -0.3 is 24.8 Å². The van der Waals surface area contributed by atoms with Gasteiger partial charge in [-0.2, -0.15) is 0 Å². The Bertz CT molecular complexity index is 663. The van der Waals surface area contributed by atoms with Gasteiger partial charge in [-0.05, 0) is 52.9 Å². The number of carbonyl (C=O) groups is 1. The van der Waals surface area contributed by atoms with Crippen molar-refractivity contribution in [2.24, 2.45) is 10.9 Å². The molecule has 8 heteroatoms. The molecule has 0 radical (unpaired) electrons. The number of aliphatic imine (C=N–C) groups is 1. The highest BCUT2D eigenvalue weighted by atomic mass is 16.6. The molecule has 0 aromatic carbocycles. The molecule has 0 bridgehead atoms. The molecule has 2 N–H and O–H groups in total. The summed E-state index contributed by atoms with van der Waals surface area (Å²) in [5.41, 5.74) is -0.495. The van der Waals surface area contributed by atoms with Crippen molar-refractivity contribution in [2.75, 3.05) is 27.2 Å². The summed E-state index contributed by atoms with van der Waals surface area (Å²) in [7, 11) is 3.82. The largest absolute Gasteiger partial charge is 0.444 e. The SMILES string of the molecule is CN=C(NCCCCn1ccnc1C)N(C)CCC(NC(=O)OC(C)(C)C)C(C)C. The average molecular weight is 423 g/mol. The van der Waals surface area contributed by atoms with E-state index in [4.69, 9.17) is 4.74 Å². The van der Waals surface area contributed by atoms with Crippen molar-refractivity contribution in [3.8, 4) is 0 Å². The van der Waals surface area contributed by atoms with Crippen LogP contribution in [0.1, 0.15) is 59.7 Å². The topological polar surface area (TPSA) is 83.8 Å². The van der Waals surface area contributed by atoms with Crippen LogP contribution in [0.2, 0.25) is 0 Å². The number of nitrogens with one attached hydrogen (secondary N) is 2. The van der Waals surface area contributed by atoms with Crippen molar-refractivity contribution in [1.29, 1.82) is 0 Å². The smallest absolute Gasteiger partial charge is 0.407 e. The number of hydrogen-bond donors (Lipinski definition) is 2. The summed E-state index contributed by atoms with van der Waals surface area (Å²) in [6.45, 7) is 14.5. The molecule has 1 atom stereocenters. The minimum atomic E-state index is -0.495. The summed E-state index contributed by atoms with van der Waals surface area (Å²) in [4.78, 5) is 22.9. The summed E-state index contributed by atoms with van der Waals surface area (Å²) in [5.74, 6) is 2.24. The van der Waals surface area contributed by atoms with Crippen LogP contribution in [0.5, 0.6) is 0 Å². The molecule has 0 aliphatic heterocycles. The molecule has 0 aliphatic carbocycles. The molecular weight excluding hydrogens is 380 g/mol. The summed E-state index contributed by atoms with van der Waals surface area (Å²) >= 11 is 0. The average Bonchev–Trinajstić information content (AvgIpc) is 3.04. The van der Waals surface area contributed by atoms with Crippen molar-refractivity contribution in [1.82, 2.24) is 25.1 Å². The van der Waals surface area contributed by atoms with Crippen LogP contribution in [0.3, 0.4) is 0 Å². The van der Waals surface area contributed by atoms with Crippen LogP contribution in [0, 0.1) is 12.8 Å². The number of imidazole rings is 1. The zero-order chi connectivity index (χ0) is 22.7. The number of amides is 1. The Kier molecular flexibility index (Phi) is 10.7. The van der Waals surface area contributed by atoms with E-state index in [-0.39, 0.29) is 12.1 Å². The molecule has 0 spiro atoms. The van der Waals surface area contributed by atoms with Crippen molar-refractivity contribution in [3.05, 3.63) is 18.2 Å². The number of carbonyl (C=O) groups excluding carboxylic acids is 1. The van der Waals surface area contributed by atoms with Crippen molar-refractivity contribution >= 4 is 12.1 Å². The molecular formula is C22H42N6O2. The maximum atomic E-state index is 12.1. The van der Waals surface area contributed by atoms with E-state index in [1.54, 1.807) is 7.05 Å². The van der Waals surface area contributed by atoms with Gasteiger partial charge in [-0.1, -0.05) is 13.8 Å². The van der Waals surface area contributed by atoms with Crippen molar-refractivity contribution < 1.29 is 9.53 Å². The number of nitrogens with zero attached hydrogens (tertiary/aromatic N) is 4. The van der Waals surface area contributed by atoms with Crippen molar-refractivity contribution in [2.45, 2.75) is 79.0 Å². The molecule has 0 saturated carbocycles. The predicted octanol–water partition coefficient (Wildman–Crippen LogP) is 3.42. The molecule has 172 valence electrons. The van der Waals surface area contributed by atoms with Gasteiger partial charge in [0.05, 0.1) is 0 Å². The van der Waals surface area contributed by atoms with E-state index in [0.717, 1.165) is 50.7 Å². The Balaban J connectivity index is 2.38. The van der Waals surface area contributed by atoms with Gasteiger partial charge in [0.1, 0.15) is 11.4 Å². The molecule has 1 heterocycles. The highest BCUT2D eigenvalue weighted by Crippen LogP contribution is 2.11. The maximum absolute atomic E-state index is 12.1. The number of ether oxygens (including phenoxy) is 1. The lowest BCUT2D eigenvalue weighted by Gasteiger charge is -2.28. The van der Waals surface area contributed by atoms with E-state index in [1.807, 2.05) is 47.1 Å². The molecule has 1 aromatic heterocycles. The van der Waals surface area contributed by atoms with Crippen LogP contribution >= 0.6 is 0 Å². The van der Waals surface area contributed by atoms with Crippen molar-refractivity contribution in [3.63, 3.8) is 0 Å². The number of aryl methyl sites for hydroxylation is 2. The second kappa shape index (κ2) is 12.4. The summed E-state index contributed by atoms with van der Waals surface area (Å²) in [6.07, 6.45) is 6.45. The van der Waals surface area contributed by atoms with Gasteiger partial charge >= 0.3 is 6.09 Å². The molecule has 1 rings (SSSR count). The highest BCUT2D eigenvalue weighted by Gasteiger charge is 2.22. The first kappa shape index (κ1) is 25.8. The molecule has 30 heavy (non-hydrogen) atoms. The van der Waals surface area contributed by atoms with Gasteiger partial charge in [0.15, 0.2) is 5.96 Å². The molecule has 1 aromatic rings. The third-order valence-corrected chi connectivity index (χ3v) is 4.89. The molecule has 0 saturated heterocycles. The minimum absolute atomic E-state index is 0.0406. The van der Waals surface area contributed by atoms with E-state index < -0.39 is 5.60 Å². The lowest BCUT2D eigenvalue weighted by molar-refractivity contribution is 0.0486. The van der Waals surface area contributed by atoms with Gasteiger partial charge in [-0.15, -0.1) is 0 Å². The Morgan fingerprint density at radius 2 is 2.03 bits per heavy atom. The fourth-order valence-corrected chi connectivity index (χ4v) is 3.10. The number of hydrogen-bond acceptors (Lipinski definition) is 4. The second-order valence-electron chi connectivity index (χ2n) is 9.06. The molecule has 1 amide bonds. The first-order chi connectivity index (χ1) is 14.0. The zero-order valence-corrected chi connectivity index (χ0v) is 20.2. The maximum Gasteiger partial charge on any atom is 0.407 e. The highest BCUT2D eigenvalue weighted by molar-refractivity contribution is 5.79. The van der Waals surface area contributed by atoms with Crippen LogP contribution in [0.15, 0.2) is 17.4 Å². The monoisotopic (exact) mass is 422 g/mol. The standard InChI is InChI=1S/C22H42N6O2/c1-17(2)19(26-21(29)30-22(4,5)6)11-15-27(8)20(23-7)25-12-9-10-14-28-16-13-24-18(28)3/h13,16-17,19H,9-12,14-15H2,1-8H3,(H,23,25)(H,26,29). The molecule has 0 fully saturated rings. The Morgan fingerprint density at radius 3 is 2.57 bits per heavy atom. The van der Waals surface area contributed by atoms with E-state index in [9.17, 15) is 4.79 Å². The third kappa shape index (κ3) is 9.98. The first-order valence-electron chi connectivity index (χ1n) is 10.9. The number of rotatable bonds is 10. The summed E-state index contributed by atoms with van der Waals surface area (Å²) in [6, 6.07) is 0.0406. The van der Waals surface area contributed by atoms with Crippen LogP contribution in [-0.2, 0) is 11.3 Å². The van der Waals surface area contributed by atoms with Crippen LogP contribution in [-0.4, -0.2) is 65.3 Å². The van der Waals surface area contributed by atoms with Crippen LogP contribution in [0.4, 0.5) is 4.79 Å². The fourth-order valence-electron chi connectivity index (χ4n) is 3.10. The Morgan fingerprint density at radius 1 is 1.33 bits per heavy atom. The Hall–Kier alpha value is -2.25. The zero-order valence-electron chi connectivity index (χ0n) is 20.2. The molecule has 1 unspecified atom stereocenters. The summed E-state index contributed by atoms with van der Waals surface area (Å²) < 4.78 is 7.57. The third-order valence-electron chi connectivity index (χ3n) is 4.89. The fraction of sp³-hybridized carbons (Fsp3) is 0.773. The quantitative estimate of drug-likeness (QED) is 0.343. The molecule has 8 nitrogen and oxygen atoms in total. The van der Waals surface area contributed by atoms with Gasteiger partial charge in [0.25, 0.3) is 0 Å². The Labute approximate surface area is 182 Å². The van der Waals surface area contributed by atoms with E-state index >= 15 is 0 Å². The number of alkyl carbamates (subject to hydrolysis) is 1. The number of unbranched alkanes of at least 4 members (excludes halogenated alkanes) is 1. The van der Waals surface area contributed by atoms with Gasteiger partial charge in [0, 0.05) is 52.2 Å². The second-order valence-corrected chi connectivity index (χ2v) is 9.06. The van der Waals surface area contributed by atoms with Gasteiger partial charge in [0.2, 0.25) is 0 Å². The summed E-state index contributed by atoms with van der Waals surface area (Å²) in [5, 5.41) is 6.44. The van der Waals surface area contributed by atoms with E-state index in [1.165, 1.54) is 0 Å². The van der Waals surface area contributed by atoms with Gasteiger partial charge in [-0.3, -0.25) is 4.99 Å². The lowest BCUT2D eigenvalue weighted by Crippen LogP contribution is -2.45. The number of guanidine groups is 1. The number of aromatic nitrogens is 2. The molecule has 0 aliphatic rings. The van der Waals surface area contributed by atoms with E-state index in [2.05, 4.69) is 43.9 Å². The van der Waals surface area contributed by atoms with Crippen LogP contribution < -0.4 is 10.6 Å². The first-order valence-corrected chi connectivity index (χ1v) is 10.9. The normalized spacial score (nSPS) is 13.3. The predicted molar refractivity (Wildman–Crippen MR) is 123 cm³/mol. The van der Waals surface area contributed by atoms with Crippen LogP contribution in [0.25, 0.3) is 0 Å². The van der Waals surface area contributed by atoms with E-state index in [0.29, 0.717) is 5.92 Å².